The Balaban J connectivity index is 1.96. The molecule has 0 aromatic heterocycles. The monoisotopic (exact) mass is 241 g/mol. The van der Waals surface area contributed by atoms with Crippen molar-refractivity contribution in [3.63, 3.8) is 0 Å². The van der Waals surface area contributed by atoms with Crippen LogP contribution in [0, 0.1) is 11.8 Å². The molecule has 0 amide bonds. The SMILES string of the molecule is CC(C)CNCCCN(C)CC1CCN(C)C1. The Bertz CT molecular complexity index is 194. The number of likely N-dealkylation sites (tertiary alicyclic amines) is 1. The minimum Gasteiger partial charge on any atom is -0.316 e. The summed E-state index contributed by atoms with van der Waals surface area (Å²) in [5.74, 6) is 1.66. The van der Waals surface area contributed by atoms with Gasteiger partial charge in [0.05, 0.1) is 0 Å². The fourth-order valence-corrected chi connectivity index (χ4v) is 2.57. The molecule has 17 heavy (non-hydrogen) atoms. The fourth-order valence-electron chi connectivity index (χ4n) is 2.57. The average molecular weight is 241 g/mol. The van der Waals surface area contributed by atoms with Gasteiger partial charge in [-0.3, -0.25) is 0 Å². The lowest BCUT2D eigenvalue weighted by Gasteiger charge is -2.21. The second kappa shape index (κ2) is 8.06. The Morgan fingerprint density at radius 2 is 2.18 bits per heavy atom. The highest BCUT2D eigenvalue weighted by Crippen LogP contribution is 2.14. The summed E-state index contributed by atoms with van der Waals surface area (Å²) in [6.45, 7) is 11.9. The summed E-state index contributed by atoms with van der Waals surface area (Å²) in [4.78, 5) is 4.95. The lowest BCUT2D eigenvalue weighted by atomic mass is 10.1. The van der Waals surface area contributed by atoms with E-state index < -0.39 is 0 Å². The smallest absolute Gasteiger partial charge is 0.00193 e. The Labute approximate surface area is 108 Å². The zero-order chi connectivity index (χ0) is 12.7. The van der Waals surface area contributed by atoms with Crippen molar-refractivity contribution in [3.8, 4) is 0 Å². The summed E-state index contributed by atoms with van der Waals surface area (Å²) in [6, 6.07) is 0. The van der Waals surface area contributed by atoms with Gasteiger partial charge in [-0.2, -0.15) is 0 Å². The van der Waals surface area contributed by atoms with Gasteiger partial charge in [-0.25, -0.2) is 0 Å². The van der Waals surface area contributed by atoms with Gasteiger partial charge in [0.1, 0.15) is 0 Å². The van der Waals surface area contributed by atoms with Crippen LogP contribution in [0.25, 0.3) is 0 Å². The molecule has 0 aliphatic carbocycles. The van der Waals surface area contributed by atoms with Crippen molar-refractivity contribution in [2.24, 2.45) is 11.8 Å². The molecule has 1 saturated heterocycles. The normalized spacial score (nSPS) is 21.9. The van der Waals surface area contributed by atoms with Gasteiger partial charge in [-0.15, -0.1) is 0 Å². The zero-order valence-corrected chi connectivity index (χ0v) is 12.2. The van der Waals surface area contributed by atoms with Crippen LogP contribution in [0.2, 0.25) is 0 Å². The molecule has 1 aliphatic heterocycles. The summed E-state index contributed by atoms with van der Waals surface area (Å²) < 4.78 is 0. The predicted octanol–water partition coefficient (Wildman–Crippen LogP) is 1.51. The summed E-state index contributed by atoms with van der Waals surface area (Å²) in [5, 5.41) is 3.51. The zero-order valence-electron chi connectivity index (χ0n) is 12.2. The highest BCUT2D eigenvalue weighted by atomic mass is 15.1. The van der Waals surface area contributed by atoms with Crippen molar-refractivity contribution in [1.82, 2.24) is 15.1 Å². The first kappa shape index (κ1) is 14.9. The van der Waals surface area contributed by atoms with Gasteiger partial charge in [0.15, 0.2) is 0 Å². The van der Waals surface area contributed by atoms with Gasteiger partial charge in [0.2, 0.25) is 0 Å². The van der Waals surface area contributed by atoms with Crippen molar-refractivity contribution < 1.29 is 0 Å². The molecule has 0 aromatic rings. The Morgan fingerprint density at radius 1 is 1.41 bits per heavy atom. The van der Waals surface area contributed by atoms with Crippen LogP contribution in [0.4, 0.5) is 0 Å². The molecule has 3 heteroatoms. The summed E-state index contributed by atoms with van der Waals surface area (Å²) in [6.07, 6.45) is 2.65. The molecule has 0 radical (unpaired) electrons. The molecular weight excluding hydrogens is 210 g/mol. The Hall–Kier alpha value is -0.120. The fraction of sp³-hybridized carbons (Fsp3) is 1.00. The minimum atomic E-state index is 0.766. The van der Waals surface area contributed by atoms with Gasteiger partial charge in [-0.1, -0.05) is 13.8 Å². The van der Waals surface area contributed by atoms with Crippen LogP contribution in [0.15, 0.2) is 0 Å². The lowest BCUT2D eigenvalue weighted by Crippen LogP contribution is -2.30. The molecule has 0 aromatic carbocycles. The van der Waals surface area contributed by atoms with Crippen LogP contribution in [0.3, 0.4) is 0 Å². The van der Waals surface area contributed by atoms with Crippen molar-refractivity contribution >= 4 is 0 Å². The van der Waals surface area contributed by atoms with E-state index in [1.165, 1.54) is 39.0 Å². The Morgan fingerprint density at radius 3 is 2.76 bits per heavy atom. The maximum absolute atomic E-state index is 3.51. The highest BCUT2D eigenvalue weighted by Gasteiger charge is 2.20. The van der Waals surface area contributed by atoms with Gasteiger partial charge >= 0.3 is 0 Å². The molecular formula is C14H31N3. The highest BCUT2D eigenvalue weighted by molar-refractivity contribution is 4.75. The summed E-state index contributed by atoms with van der Waals surface area (Å²) >= 11 is 0. The van der Waals surface area contributed by atoms with E-state index in [-0.39, 0.29) is 0 Å². The van der Waals surface area contributed by atoms with E-state index in [2.05, 4.69) is 43.1 Å². The maximum Gasteiger partial charge on any atom is 0.00193 e. The van der Waals surface area contributed by atoms with Crippen molar-refractivity contribution in [3.05, 3.63) is 0 Å². The molecule has 0 saturated carbocycles. The maximum atomic E-state index is 3.51. The van der Waals surface area contributed by atoms with Gasteiger partial charge < -0.3 is 15.1 Å². The van der Waals surface area contributed by atoms with Gasteiger partial charge in [-0.05, 0) is 65.0 Å². The molecule has 1 N–H and O–H groups in total. The first-order valence-electron chi connectivity index (χ1n) is 7.15. The van der Waals surface area contributed by atoms with E-state index in [4.69, 9.17) is 0 Å². The molecule has 1 heterocycles. The second-order valence-corrected chi connectivity index (χ2v) is 6.13. The van der Waals surface area contributed by atoms with E-state index in [0.29, 0.717) is 0 Å². The average Bonchev–Trinajstić information content (AvgIpc) is 2.63. The van der Waals surface area contributed by atoms with E-state index >= 15 is 0 Å². The van der Waals surface area contributed by atoms with E-state index in [9.17, 15) is 0 Å². The molecule has 1 atom stereocenters. The van der Waals surface area contributed by atoms with Crippen LogP contribution >= 0.6 is 0 Å². The Kier molecular flexibility index (Phi) is 7.09. The predicted molar refractivity (Wildman–Crippen MR) is 75.4 cm³/mol. The molecule has 1 aliphatic rings. The van der Waals surface area contributed by atoms with Crippen LogP contribution in [-0.2, 0) is 0 Å². The molecule has 0 spiro atoms. The molecule has 1 fully saturated rings. The van der Waals surface area contributed by atoms with E-state index in [0.717, 1.165) is 24.9 Å². The van der Waals surface area contributed by atoms with Crippen LogP contribution in [0.5, 0.6) is 0 Å². The van der Waals surface area contributed by atoms with Gasteiger partial charge in [0, 0.05) is 13.1 Å². The van der Waals surface area contributed by atoms with Crippen LogP contribution in [-0.4, -0.2) is 63.2 Å². The standard InChI is InChI=1S/C14H31N3/c1-13(2)10-15-7-5-8-16(3)11-14-6-9-17(4)12-14/h13-15H,5-12H2,1-4H3. The quantitative estimate of drug-likeness (QED) is 0.650. The largest absolute Gasteiger partial charge is 0.316 e. The minimum absolute atomic E-state index is 0.766. The lowest BCUT2D eigenvalue weighted by molar-refractivity contribution is 0.269. The molecule has 1 unspecified atom stereocenters. The second-order valence-electron chi connectivity index (χ2n) is 6.13. The third kappa shape index (κ3) is 7.02. The molecule has 102 valence electrons. The van der Waals surface area contributed by atoms with Gasteiger partial charge in [0.25, 0.3) is 0 Å². The molecule has 0 bridgehead atoms. The van der Waals surface area contributed by atoms with E-state index in [1.54, 1.807) is 0 Å². The first-order valence-corrected chi connectivity index (χ1v) is 7.15. The summed E-state index contributed by atoms with van der Waals surface area (Å²) in [7, 11) is 4.50. The third-order valence-electron chi connectivity index (χ3n) is 3.50. The van der Waals surface area contributed by atoms with E-state index in [1.807, 2.05) is 0 Å². The summed E-state index contributed by atoms with van der Waals surface area (Å²) in [5.41, 5.74) is 0. The third-order valence-corrected chi connectivity index (χ3v) is 3.50. The number of hydrogen-bond donors (Lipinski definition) is 1. The number of nitrogens with one attached hydrogen (secondary N) is 1. The van der Waals surface area contributed by atoms with Crippen molar-refractivity contribution in [1.29, 1.82) is 0 Å². The number of hydrogen-bond acceptors (Lipinski definition) is 3. The number of nitrogens with zero attached hydrogens (tertiary/aromatic N) is 2. The number of rotatable bonds is 8. The molecule has 1 rings (SSSR count). The molecule has 3 nitrogen and oxygen atoms in total. The van der Waals surface area contributed by atoms with Crippen LogP contribution in [0.1, 0.15) is 26.7 Å². The first-order chi connectivity index (χ1) is 8.08. The van der Waals surface area contributed by atoms with Crippen molar-refractivity contribution in [2.45, 2.75) is 26.7 Å². The topological polar surface area (TPSA) is 18.5 Å². The van der Waals surface area contributed by atoms with Crippen molar-refractivity contribution in [2.75, 3.05) is 53.4 Å². The van der Waals surface area contributed by atoms with Crippen LogP contribution < -0.4 is 5.32 Å².